The maximum atomic E-state index is 14.3. The van der Waals surface area contributed by atoms with Gasteiger partial charge in [0.1, 0.15) is 0 Å². The molecule has 0 bridgehead atoms. The number of nitrogens with zero attached hydrogens (tertiary/aromatic N) is 1. The van der Waals surface area contributed by atoms with E-state index >= 15 is 0 Å². The van der Waals surface area contributed by atoms with E-state index < -0.39 is 67.2 Å². The predicted molar refractivity (Wildman–Crippen MR) is 94.8 cm³/mol. The van der Waals surface area contributed by atoms with E-state index in [1.165, 1.54) is 0 Å². The molecule has 14 heteroatoms. The lowest BCUT2D eigenvalue weighted by molar-refractivity contribution is -0.387. The minimum absolute atomic E-state index is 0.174. The second kappa shape index (κ2) is 8.05. The molecule has 0 aliphatic heterocycles. The molecule has 0 saturated heterocycles. The van der Waals surface area contributed by atoms with E-state index in [1.807, 2.05) is 5.32 Å². The minimum Gasteiger partial charge on any atom is -0.321 e. The van der Waals surface area contributed by atoms with Crippen molar-refractivity contribution in [3.63, 3.8) is 0 Å². The van der Waals surface area contributed by atoms with Gasteiger partial charge in [-0.3, -0.25) is 14.9 Å². The molecule has 0 aliphatic rings. The Balaban J connectivity index is 2.52. The van der Waals surface area contributed by atoms with Crippen LogP contribution in [0.1, 0.15) is 21.5 Å². The number of benzene rings is 2. The van der Waals surface area contributed by atoms with Crippen molar-refractivity contribution in [3.8, 4) is 0 Å². The van der Waals surface area contributed by atoms with Crippen LogP contribution in [0, 0.1) is 22.9 Å². The number of rotatable bonds is 4. The number of halogens is 9. The van der Waals surface area contributed by atoms with Crippen molar-refractivity contribution in [3.05, 3.63) is 67.4 Å². The molecule has 0 aromatic heterocycles. The van der Waals surface area contributed by atoms with Gasteiger partial charge in [-0.1, -0.05) is 12.1 Å². The van der Waals surface area contributed by atoms with Gasteiger partial charge in [0.05, 0.1) is 16.2 Å². The molecule has 2 aromatic rings. The standard InChI is InChI=1S/C17H9BrF8N2O3/c1-7-5-8(15(20,16(21,22)23)17(24,25)26)6-10(18)13(7)27-14(29)9-3-2-4-11(12(9)19)28(30)31/h2-6H,1H3,(H,27,29). The highest BCUT2D eigenvalue weighted by atomic mass is 79.9. The summed E-state index contributed by atoms with van der Waals surface area (Å²) in [5.41, 5.74) is -10.2. The fourth-order valence-electron chi connectivity index (χ4n) is 2.61. The highest BCUT2D eigenvalue weighted by molar-refractivity contribution is 9.10. The van der Waals surface area contributed by atoms with Gasteiger partial charge in [0.15, 0.2) is 0 Å². The number of nitro benzene ring substituents is 1. The molecule has 0 unspecified atom stereocenters. The highest BCUT2D eigenvalue weighted by Gasteiger charge is 2.73. The molecule has 0 atom stereocenters. The number of anilines is 1. The summed E-state index contributed by atoms with van der Waals surface area (Å²) in [5, 5.41) is 12.8. The van der Waals surface area contributed by atoms with Gasteiger partial charge in [-0.15, -0.1) is 0 Å². The minimum atomic E-state index is -6.34. The number of nitrogens with one attached hydrogen (secondary N) is 1. The summed E-state index contributed by atoms with van der Waals surface area (Å²) in [6, 6.07) is 3.04. The second-order valence-electron chi connectivity index (χ2n) is 6.15. The van der Waals surface area contributed by atoms with Crippen LogP contribution >= 0.6 is 15.9 Å². The average molecular weight is 521 g/mol. The van der Waals surface area contributed by atoms with Crippen LogP contribution in [0.4, 0.5) is 46.5 Å². The van der Waals surface area contributed by atoms with E-state index in [-0.39, 0.29) is 12.1 Å². The summed E-state index contributed by atoms with van der Waals surface area (Å²) in [6.45, 7) is 0.973. The molecule has 31 heavy (non-hydrogen) atoms. The van der Waals surface area contributed by atoms with Gasteiger partial charge in [0, 0.05) is 16.1 Å². The third-order valence-electron chi connectivity index (χ3n) is 4.12. The fraction of sp³-hybridized carbons (Fsp3) is 0.235. The van der Waals surface area contributed by atoms with Crippen molar-refractivity contribution in [2.45, 2.75) is 24.9 Å². The van der Waals surface area contributed by atoms with E-state index in [1.54, 1.807) is 0 Å². The summed E-state index contributed by atoms with van der Waals surface area (Å²) >= 11 is 2.66. The van der Waals surface area contributed by atoms with Crippen molar-refractivity contribution in [1.29, 1.82) is 0 Å². The number of alkyl halides is 7. The topological polar surface area (TPSA) is 72.2 Å². The zero-order valence-corrected chi connectivity index (χ0v) is 16.5. The molecule has 2 aromatic carbocycles. The van der Waals surface area contributed by atoms with Gasteiger partial charge in [-0.2, -0.15) is 30.7 Å². The molecule has 0 radical (unpaired) electrons. The van der Waals surface area contributed by atoms with Gasteiger partial charge in [0.25, 0.3) is 5.91 Å². The molecule has 1 amide bonds. The predicted octanol–water partition coefficient (Wildman–Crippen LogP) is 6.35. The van der Waals surface area contributed by atoms with Crippen molar-refractivity contribution in [2.24, 2.45) is 0 Å². The van der Waals surface area contributed by atoms with Gasteiger partial charge in [-0.25, -0.2) is 4.39 Å². The fourth-order valence-corrected chi connectivity index (χ4v) is 3.26. The summed E-state index contributed by atoms with van der Waals surface area (Å²) in [4.78, 5) is 21.9. The number of nitro groups is 1. The smallest absolute Gasteiger partial charge is 0.321 e. The summed E-state index contributed by atoms with van der Waals surface area (Å²) in [5.74, 6) is -2.79. The monoisotopic (exact) mass is 520 g/mol. The maximum Gasteiger partial charge on any atom is 0.435 e. The van der Waals surface area contributed by atoms with E-state index in [0.717, 1.165) is 25.1 Å². The SMILES string of the molecule is Cc1cc(C(F)(C(F)(F)F)C(F)(F)F)cc(Br)c1NC(=O)c1cccc([N+](=O)[O-])c1F. The average Bonchev–Trinajstić information content (AvgIpc) is 2.61. The molecule has 0 aliphatic carbocycles. The normalized spacial score (nSPS) is 12.6. The second-order valence-corrected chi connectivity index (χ2v) is 7.01. The Labute approximate surface area is 176 Å². The molecule has 0 fully saturated rings. The summed E-state index contributed by atoms with van der Waals surface area (Å²) < 4.78 is 106. The molecule has 1 N–H and O–H groups in total. The number of amides is 1. The van der Waals surface area contributed by atoms with Gasteiger partial charge >= 0.3 is 23.7 Å². The van der Waals surface area contributed by atoms with Crippen LogP contribution in [-0.2, 0) is 5.67 Å². The van der Waals surface area contributed by atoms with Crippen LogP contribution in [0.5, 0.6) is 0 Å². The zero-order chi connectivity index (χ0) is 23.9. The van der Waals surface area contributed by atoms with E-state index in [2.05, 4.69) is 15.9 Å². The van der Waals surface area contributed by atoms with Gasteiger partial charge < -0.3 is 5.32 Å². The molecular weight excluding hydrogens is 512 g/mol. The third kappa shape index (κ3) is 4.34. The molecule has 2 rings (SSSR count). The molecule has 5 nitrogen and oxygen atoms in total. The lowest BCUT2D eigenvalue weighted by atomic mass is 9.92. The molecule has 0 saturated carbocycles. The van der Waals surface area contributed by atoms with Crippen LogP contribution in [0.2, 0.25) is 0 Å². The molecule has 168 valence electrons. The van der Waals surface area contributed by atoms with Gasteiger partial charge in [0.2, 0.25) is 5.82 Å². The third-order valence-corrected chi connectivity index (χ3v) is 4.75. The first kappa shape index (κ1) is 24.5. The van der Waals surface area contributed by atoms with Crippen molar-refractivity contribution >= 4 is 33.2 Å². The summed E-state index contributed by atoms with van der Waals surface area (Å²) in [6.07, 6.45) is -12.7. The number of carbonyl (C=O) groups excluding carboxylic acids is 1. The Morgan fingerprint density at radius 1 is 1.06 bits per heavy atom. The Bertz CT molecular complexity index is 1020. The first-order valence-electron chi connectivity index (χ1n) is 7.89. The van der Waals surface area contributed by atoms with E-state index in [9.17, 15) is 50.0 Å². The van der Waals surface area contributed by atoms with Crippen LogP contribution in [0.3, 0.4) is 0 Å². The van der Waals surface area contributed by atoms with E-state index in [0.29, 0.717) is 0 Å². The first-order valence-corrected chi connectivity index (χ1v) is 8.69. The van der Waals surface area contributed by atoms with Crippen molar-refractivity contribution in [2.75, 3.05) is 5.32 Å². The Morgan fingerprint density at radius 3 is 2.06 bits per heavy atom. The highest BCUT2D eigenvalue weighted by Crippen LogP contribution is 2.54. The van der Waals surface area contributed by atoms with Crippen LogP contribution in [-0.4, -0.2) is 23.2 Å². The lowest BCUT2D eigenvalue weighted by Gasteiger charge is -2.31. The zero-order valence-electron chi connectivity index (χ0n) is 15.0. The van der Waals surface area contributed by atoms with Crippen molar-refractivity contribution in [1.82, 2.24) is 0 Å². The number of aryl methyl sites for hydroxylation is 1. The van der Waals surface area contributed by atoms with Crippen molar-refractivity contribution < 1.29 is 44.8 Å². The maximum absolute atomic E-state index is 14.3. The Hall–Kier alpha value is -2.77. The van der Waals surface area contributed by atoms with Crippen LogP contribution in [0.15, 0.2) is 34.8 Å². The van der Waals surface area contributed by atoms with Crippen LogP contribution in [0.25, 0.3) is 0 Å². The van der Waals surface area contributed by atoms with Crippen LogP contribution < -0.4 is 5.32 Å². The first-order chi connectivity index (χ1) is 14.0. The van der Waals surface area contributed by atoms with Gasteiger partial charge in [-0.05, 0) is 40.5 Å². The Morgan fingerprint density at radius 2 is 1.61 bits per heavy atom. The molecule has 0 heterocycles. The number of hydrogen-bond acceptors (Lipinski definition) is 3. The molecular formula is C17H9BrF8N2O3. The molecule has 0 spiro atoms. The number of hydrogen-bond donors (Lipinski definition) is 1. The largest absolute Gasteiger partial charge is 0.435 e. The summed E-state index contributed by atoms with van der Waals surface area (Å²) in [7, 11) is 0. The Kier molecular flexibility index (Phi) is 6.36. The number of carbonyl (C=O) groups is 1. The lowest BCUT2D eigenvalue weighted by Crippen LogP contribution is -2.50. The quantitative estimate of drug-likeness (QED) is 0.290. The van der Waals surface area contributed by atoms with E-state index in [4.69, 9.17) is 0 Å².